The molecule has 0 amide bonds. The maximum absolute atomic E-state index is 13.1. The smallest absolute Gasteiger partial charge is 0.338 e. The number of carbonyl (C=O) groups excluding carboxylic acids is 1. The van der Waals surface area contributed by atoms with Gasteiger partial charge in [-0.15, -0.1) is 0 Å². The molecule has 0 radical (unpaired) electrons. The first-order valence-electron chi connectivity index (χ1n) is 9.38. The van der Waals surface area contributed by atoms with Gasteiger partial charge in [-0.1, -0.05) is 11.3 Å². The number of nitrogens with zero attached hydrogens (tertiary/aromatic N) is 3. The van der Waals surface area contributed by atoms with Gasteiger partial charge < -0.3 is 9.15 Å². The van der Waals surface area contributed by atoms with Crippen LogP contribution in [0, 0.1) is 10.1 Å². The number of thiazole rings is 1. The minimum Gasteiger partial charge on any atom is -0.467 e. The molecular formula is C21H17N3O6S. The Kier molecular flexibility index (Phi) is 5.38. The Hall–Kier alpha value is -3.79. The maximum atomic E-state index is 13.1. The number of allylic oxidation sites excluding steroid dienone is 1. The van der Waals surface area contributed by atoms with Crippen LogP contribution in [0.15, 0.2) is 62.4 Å². The maximum Gasteiger partial charge on any atom is 0.338 e. The lowest BCUT2D eigenvalue weighted by atomic mass is 10.0. The summed E-state index contributed by atoms with van der Waals surface area (Å²) in [6.45, 7) is 3.56. The van der Waals surface area contributed by atoms with E-state index < -0.39 is 16.9 Å². The molecule has 0 spiro atoms. The number of aromatic nitrogens is 1. The molecule has 3 heterocycles. The molecule has 9 nitrogen and oxygen atoms in total. The molecule has 0 saturated heterocycles. The Bertz CT molecular complexity index is 1360. The van der Waals surface area contributed by atoms with Crippen LogP contribution in [-0.4, -0.2) is 22.1 Å². The lowest BCUT2D eigenvalue weighted by Gasteiger charge is -2.20. The standard InChI is InChI=1S/C21H17N3O6S/c1-3-29-20(26)17-12(2)23-19(25)16(11-13-6-8-14(9-7-13)24(27)28)31-21(23)22-18(17)15-5-4-10-30-15/h4-11,18H,3H2,1-2H3/b16-11-/t18-/m0/s1. The van der Waals surface area contributed by atoms with Crippen molar-refractivity contribution in [3.8, 4) is 0 Å². The number of ether oxygens (including phenoxy) is 1. The molecule has 0 aliphatic carbocycles. The lowest BCUT2D eigenvalue weighted by molar-refractivity contribution is -0.384. The number of furan rings is 1. The van der Waals surface area contributed by atoms with Crippen LogP contribution in [0.2, 0.25) is 0 Å². The van der Waals surface area contributed by atoms with Crippen molar-refractivity contribution in [2.24, 2.45) is 4.99 Å². The van der Waals surface area contributed by atoms with Crippen LogP contribution in [0.5, 0.6) is 0 Å². The zero-order valence-electron chi connectivity index (χ0n) is 16.6. The van der Waals surface area contributed by atoms with Gasteiger partial charge in [0.25, 0.3) is 11.2 Å². The summed E-state index contributed by atoms with van der Waals surface area (Å²) >= 11 is 1.17. The van der Waals surface area contributed by atoms with Gasteiger partial charge in [0.15, 0.2) is 4.80 Å². The number of benzene rings is 1. The topological polar surface area (TPSA) is 117 Å². The van der Waals surface area contributed by atoms with E-state index in [9.17, 15) is 19.7 Å². The highest BCUT2D eigenvalue weighted by Crippen LogP contribution is 2.32. The fourth-order valence-electron chi connectivity index (χ4n) is 3.31. The Labute approximate surface area is 179 Å². The van der Waals surface area contributed by atoms with Crippen LogP contribution in [0.4, 0.5) is 5.69 Å². The van der Waals surface area contributed by atoms with E-state index in [4.69, 9.17) is 9.15 Å². The molecule has 0 N–H and O–H groups in total. The molecule has 0 unspecified atom stereocenters. The predicted octanol–water partition coefficient (Wildman–Crippen LogP) is 2.41. The fraction of sp³-hybridized carbons (Fsp3) is 0.190. The van der Waals surface area contributed by atoms with E-state index >= 15 is 0 Å². The fourth-order valence-corrected chi connectivity index (χ4v) is 4.35. The summed E-state index contributed by atoms with van der Waals surface area (Å²) in [7, 11) is 0. The zero-order valence-corrected chi connectivity index (χ0v) is 17.4. The van der Waals surface area contributed by atoms with E-state index in [1.54, 1.807) is 44.2 Å². The van der Waals surface area contributed by atoms with Gasteiger partial charge in [-0.3, -0.25) is 19.5 Å². The van der Waals surface area contributed by atoms with Crippen molar-refractivity contribution in [1.29, 1.82) is 0 Å². The van der Waals surface area contributed by atoms with Crippen LogP contribution < -0.4 is 14.9 Å². The first kappa shape index (κ1) is 20.5. The van der Waals surface area contributed by atoms with Crippen LogP contribution in [0.1, 0.15) is 31.2 Å². The molecule has 31 heavy (non-hydrogen) atoms. The predicted molar refractivity (Wildman–Crippen MR) is 113 cm³/mol. The van der Waals surface area contributed by atoms with Crippen LogP contribution >= 0.6 is 11.3 Å². The number of rotatable bonds is 5. The van der Waals surface area contributed by atoms with Crippen molar-refractivity contribution in [3.63, 3.8) is 0 Å². The van der Waals surface area contributed by atoms with Gasteiger partial charge in [0, 0.05) is 17.8 Å². The third-order valence-electron chi connectivity index (χ3n) is 4.75. The summed E-state index contributed by atoms with van der Waals surface area (Å²) in [6, 6.07) is 8.57. The first-order chi connectivity index (χ1) is 14.9. The van der Waals surface area contributed by atoms with E-state index in [1.807, 2.05) is 0 Å². The summed E-state index contributed by atoms with van der Waals surface area (Å²) in [5.41, 5.74) is 0.935. The van der Waals surface area contributed by atoms with Crippen molar-refractivity contribution in [1.82, 2.24) is 4.57 Å². The first-order valence-corrected chi connectivity index (χ1v) is 10.2. The van der Waals surface area contributed by atoms with Crippen molar-refractivity contribution in [2.75, 3.05) is 6.61 Å². The van der Waals surface area contributed by atoms with Gasteiger partial charge in [-0.05, 0) is 49.8 Å². The number of hydrogen-bond acceptors (Lipinski definition) is 8. The second kappa shape index (κ2) is 8.15. The largest absolute Gasteiger partial charge is 0.467 e. The molecule has 3 aromatic rings. The van der Waals surface area contributed by atoms with Crippen molar-refractivity contribution in [2.45, 2.75) is 19.9 Å². The molecule has 0 saturated carbocycles. The van der Waals surface area contributed by atoms with Gasteiger partial charge >= 0.3 is 5.97 Å². The highest BCUT2D eigenvalue weighted by Gasteiger charge is 2.32. The second-order valence-electron chi connectivity index (χ2n) is 6.65. The molecule has 1 atom stereocenters. The molecule has 1 aromatic carbocycles. The summed E-state index contributed by atoms with van der Waals surface area (Å²) in [5, 5.41) is 10.8. The number of nitro benzene ring substituents is 1. The molecule has 0 fully saturated rings. The zero-order chi connectivity index (χ0) is 22.1. The summed E-state index contributed by atoms with van der Waals surface area (Å²) in [5.74, 6) is -0.0924. The minimum absolute atomic E-state index is 0.0338. The van der Waals surface area contributed by atoms with Crippen molar-refractivity contribution < 1.29 is 18.9 Å². The second-order valence-corrected chi connectivity index (χ2v) is 7.66. The van der Waals surface area contributed by atoms with E-state index in [1.165, 1.54) is 34.3 Å². The summed E-state index contributed by atoms with van der Waals surface area (Å²) in [4.78, 5) is 41.1. The Morgan fingerprint density at radius 2 is 2.10 bits per heavy atom. The van der Waals surface area contributed by atoms with Crippen molar-refractivity contribution >= 4 is 34.8 Å². The van der Waals surface area contributed by atoms with Gasteiger partial charge in [-0.25, -0.2) is 9.79 Å². The van der Waals surface area contributed by atoms with E-state index in [0.29, 0.717) is 26.4 Å². The highest BCUT2D eigenvalue weighted by molar-refractivity contribution is 7.07. The van der Waals surface area contributed by atoms with Crippen LogP contribution in [0.3, 0.4) is 0 Å². The Morgan fingerprint density at radius 1 is 1.35 bits per heavy atom. The molecule has 4 rings (SSSR count). The lowest BCUT2D eigenvalue weighted by Crippen LogP contribution is -2.35. The summed E-state index contributed by atoms with van der Waals surface area (Å²) in [6.07, 6.45) is 3.13. The SMILES string of the molecule is CCOC(=O)C1=C(C)n2c(s/c(=C\c3ccc([N+](=O)[O-])cc3)c2=O)=N[C@H]1c1ccco1. The van der Waals surface area contributed by atoms with Gasteiger partial charge in [0.2, 0.25) is 0 Å². The summed E-state index contributed by atoms with van der Waals surface area (Å²) < 4.78 is 12.4. The molecule has 2 aromatic heterocycles. The normalized spacial score (nSPS) is 16.1. The van der Waals surface area contributed by atoms with E-state index in [-0.39, 0.29) is 23.4 Å². The minimum atomic E-state index is -0.723. The number of nitro groups is 1. The number of non-ortho nitro benzene ring substituents is 1. The quantitative estimate of drug-likeness (QED) is 0.342. The van der Waals surface area contributed by atoms with Gasteiger partial charge in [0.05, 0.1) is 27.9 Å². The number of fused-ring (bicyclic) bond motifs is 1. The van der Waals surface area contributed by atoms with E-state index in [2.05, 4.69) is 4.99 Å². The average molecular weight is 439 g/mol. The molecule has 158 valence electrons. The van der Waals surface area contributed by atoms with Gasteiger partial charge in [-0.2, -0.15) is 0 Å². The van der Waals surface area contributed by atoms with Crippen molar-refractivity contribution in [3.05, 3.63) is 89.4 Å². The van der Waals surface area contributed by atoms with E-state index in [0.717, 1.165) is 0 Å². The number of hydrogen-bond donors (Lipinski definition) is 0. The third kappa shape index (κ3) is 3.73. The molecule has 0 bridgehead atoms. The molecule has 1 aliphatic rings. The Balaban J connectivity index is 1.88. The monoisotopic (exact) mass is 439 g/mol. The number of carbonyl (C=O) groups is 1. The highest BCUT2D eigenvalue weighted by atomic mass is 32.1. The third-order valence-corrected chi connectivity index (χ3v) is 5.74. The Morgan fingerprint density at radius 3 is 2.71 bits per heavy atom. The van der Waals surface area contributed by atoms with Crippen LogP contribution in [-0.2, 0) is 9.53 Å². The molecule has 1 aliphatic heterocycles. The average Bonchev–Trinajstić information content (AvgIpc) is 3.37. The molecular weight excluding hydrogens is 422 g/mol. The molecule has 10 heteroatoms. The van der Waals surface area contributed by atoms with Gasteiger partial charge in [0.1, 0.15) is 11.8 Å². The number of esters is 1. The van der Waals surface area contributed by atoms with Crippen LogP contribution in [0.25, 0.3) is 11.8 Å².